The Kier molecular flexibility index (Phi) is 3.11. The van der Waals surface area contributed by atoms with Crippen LogP contribution < -0.4 is 5.32 Å². The highest BCUT2D eigenvalue weighted by molar-refractivity contribution is 5.51. The Morgan fingerprint density at radius 2 is 2.32 bits per heavy atom. The fraction of sp³-hybridized carbons (Fsp3) is 0.308. The number of H-pyrrole nitrogens is 1. The zero-order valence-electron chi connectivity index (χ0n) is 10.3. The van der Waals surface area contributed by atoms with Crippen molar-refractivity contribution < 1.29 is 0 Å². The molecule has 1 radical (unpaired) electrons. The van der Waals surface area contributed by atoms with E-state index in [1.54, 1.807) is 0 Å². The van der Waals surface area contributed by atoms with E-state index in [0.29, 0.717) is 17.4 Å². The van der Waals surface area contributed by atoms with Crippen LogP contribution in [0.15, 0.2) is 18.5 Å². The van der Waals surface area contributed by atoms with Crippen LogP contribution in [0.2, 0.25) is 0 Å². The lowest BCUT2D eigenvalue weighted by molar-refractivity contribution is 0.699. The lowest BCUT2D eigenvalue weighted by Gasteiger charge is -2.02. The van der Waals surface area contributed by atoms with Crippen molar-refractivity contribution in [3.05, 3.63) is 36.3 Å². The zero-order chi connectivity index (χ0) is 13.1. The molecule has 1 fully saturated rings. The molecule has 0 spiro atoms. The minimum Gasteiger partial charge on any atom is -0.324 e. The molecular weight excluding hydrogens is 240 g/mol. The standard InChI is InChI=1S/C13H13N6/c14-6-10-7-16-13(8-15-10)17-12-5-11(18-19-12)9-3-1-2-4-9/h1,5,7-9H,2-4H2,(H2,16,17,18,19)/t9-/m0/s1. The third kappa shape index (κ3) is 2.55. The largest absolute Gasteiger partial charge is 0.324 e. The highest BCUT2D eigenvalue weighted by Crippen LogP contribution is 2.33. The quantitative estimate of drug-likeness (QED) is 0.875. The SMILES string of the molecule is N#Cc1cnc(Nc2cc([C@H]3C[CH]CC3)n[nH]2)cn1. The van der Waals surface area contributed by atoms with Gasteiger partial charge in [0.25, 0.3) is 0 Å². The molecule has 1 atom stereocenters. The first kappa shape index (κ1) is 11.7. The Bertz CT molecular complexity index is 588. The average molecular weight is 253 g/mol. The molecule has 2 N–H and O–H groups in total. The molecule has 2 heterocycles. The van der Waals surface area contributed by atoms with Crippen LogP contribution in [0, 0.1) is 17.8 Å². The normalized spacial score (nSPS) is 15.3. The summed E-state index contributed by atoms with van der Waals surface area (Å²) < 4.78 is 0. The highest BCUT2D eigenvalue weighted by atomic mass is 15.2. The van der Waals surface area contributed by atoms with Gasteiger partial charge < -0.3 is 5.32 Å². The second kappa shape index (κ2) is 5.06. The van der Waals surface area contributed by atoms with Crippen molar-refractivity contribution in [2.24, 2.45) is 0 Å². The van der Waals surface area contributed by atoms with Gasteiger partial charge in [-0.15, -0.1) is 0 Å². The van der Waals surface area contributed by atoms with Gasteiger partial charge in [0, 0.05) is 12.0 Å². The van der Waals surface area contributed by atoms with Gasteiger partial charge in [0.05, 0.1) is 18.1 Å². The maximum absolute atomic E-state index is 8.65. The molecule has 2 aromatic rings. The number of aromatic amines is 1. The molecule has 6 heteroatoms. The van der Waals surface area contributed by atoms with Crippen molar-refractivity contribution in [2.75, 3.05) is 5.32 Å². The molecular formula is C13H13N6. The van der Waals surface area contributed by atoms with E-state index in [-0.39, 0.29) is 0 Å². The van der Waals surface area contributed by atoms with Crippen molar-refractivity contribution in [2.45, 2.75) is 25.2 Å². The van der Waals surface area contributed by atoms with Gasteiger partial charge in [-0.3, -0.25) is 5.10 Å². The number of hydrogen-bond donors (Lipinski definition) is 2. The van der Waals surface area contributed by atoms with E-state index in [4.69, 9.17) is 5.26 Å². The summed E-state index contributed by atoms with van der Waals surface area (Å²) in [7, 11) is 0. The van der Waals surface area contributed by atoms with Gasteiger partial charge in [0.15, 0.2) is 5.69 Å². The van der Waals surface area contributed by atoms with E-state index in [1.165, 1.54) is 25.2 Å². The first-order chi connectivity index (χ1) is 9.35. The van der Waals surface area contributed by atoms with Crippen LogP contribution in [0.1, 0.15) is 36.6 Å². The Labute approximate surface area is 110 Å². The maximum Gasteiger partial charge on any atom is 0.158 e. The van der Waals surface area contributed by atoms with E-state index in [0.717, 1.165) is 17.9 Å². The van der Waals surface area contributed by atoms with Crippen LogP contribution in [0.3, 0.4) is 0 Å². The number of rotatable bonds is 3. The number of nitriles is 1. The van der Waals surface area contributed by atoms with E-state index < -0.39 is 0 Å². The van der Waals surface area contributed by atoms with E-state index >= 15 is 0 Å². The van der Waals surface area contributed by atoms with Crippen molar-refractivity contribution >= 4 is 11.6 Å². The zero-order valence-corrected chi connectivity index (χ0v) is 10.3. The van der Waals surface area contributed by atoms with Gasteiger partial charge in [-0.1, -0.05) is 0 Å². The topological polar surface area (TPSA) is 90.3 Å². The van der Waals surface area contributed by atoms with E-state index in [2.05, 4.69) is 31.9 Å². The Morgan fingerprint density at radius 1 is 1.37 bits per heavy atom. The van der Waals surface area contributed by atoms with Crippen molar-refractivity contribution in [1.29, 1.82) is 5.26 Å². The second-order valence-corrected chi connectivity index (χ2v) is 4.53. The molecule has 0 saturated heterocycles. The Hall–Kier alpha value is -2.42. The Balaban J connectivity index is 1.70. The van der Waals surface area contributed by atoms with E-state index in [1.807, 2.05) is 12.1 Å². The van der Waals surface area contributed by atoms with Gasteiger partial charge in [-0.25, -0.2) is 9.97 Å². The van der Waals surface area contributed by atoms with Crippen LogP contribution in [-0.4, -0.2) is 20.2 Å². The molecule has 1 aliphatic rings. The smallest absolute Gasteiger partial charge is 0.158 e. The van der Waals surface area contributed by atoms with Crippen LogP contribution in [0.25, 0.3) is 0 Å². The molecule has 1 aliphatic carbocycles. The van der Waals surface area contributed by atoms with Crippen LogP contribution in [-0.2, 0) is 0 Å². The monoisotopic (exact) mass is 253 g/mol. The van der Waals surface area contributed by atoms with Gasteiger partial charge in [0.1, 0.15) is 17.7 Å². The third-order valence-electron chi connectivity index (χ3n) is 3.22. The first-order valence-electron chi connectivity index (χ1n) is 6.21. The number of hydrogen-bond acceptors (Lipinski definition) is 5. The molecule has 19 heavy (non-hydrogen) atoms. The van der Waals surface area contributed by atoms with Gasteiger partial charge >= 0.3 is 0 Å². The first-order valence-corrected chi connectivity index (χ1v) is 6.21. The van der Waals surface area contributed by atoms with Gasteiger partial charge in [-0.05, 0) is 25.7 Å². The summed E-state index contributed by atoms with van der Waals surface area (Å²) in [5.41, 5.74) is 1.38. The summed E-state index contributed by atoms with van der Waals surface area (Å²) in [4.78, 5) is 8.05. The predicted octanol–water partition coefficient (Wildman–Crippen LogP) is 2.29. The Morgan fingerprint density at radius 3 is 3.00 bits per heavy atom. The minimum atomic E-state index is 0.303. The molecule has 0 bridgehead atoms. The average Bonchev–Trinajstić information content (AvgIpc) is 3.10. The predicted molar refractivity (Wildman–Crippen MR) is 69.5 cm³/mol. The number of nitrogens with zero attached hydrogens (tertiary/aromatic N) is 4. The third-order valence-corrected chi connectivity index (χ3v) is 3.22. The van der Waals surface area contributed by atoms with Crippen LogP contribution >= 0.6 is 0 Å². The summed E-state index contributed by atoms with van der Waals surface area (Å²) >= 11 is 0. The molecule has 1 saturated carbocycles. The van der Waals surface area contributed by atoms with E-state index in [9.17, 15) is 0 Å². The van der Waals surface area contributed by atoms with Gasteiger partial charge in [0.2, 0.25) is 0 Å². The lowest BCUT2D eigenvalue weighted by Crippen LogP contribution is -1.95. The summed E-state index contributed by atoms with van der Waals surface area (Å²) in [5.74, 6) is 1.91. The lowest BCUT2D eigenvalue weighted by atomic mass is 10.0. The summed E-state index contributed by atoms with van der Waals surface area (Å²) in [6.45, 7) is 0. The fourth-order valence-electron chi connectivity index (χ4n) is 2.22. The molecule has 0 amide bonds. The fourth-order valence-corrected chi connectivity index (χ4v) is 2.22. The molecule has 95 valence electrons. The molecule has 2 aromatic heterocycles. The highest BCUT2D eigenvalue weighted by Gasteiger charge is 2.19. The second-order valence-electron chi connectivity index (χ2n) is 4.53. The number of anilines is 2. The molecule has 0 aromatic carbocycles. The molecule has 6 nitrogen and oxygen atoms in total. The summed E-state index contributed by atoms with van der Waals surface area (Å²) in [6, 6.07) is 3.94. The summed E-state index contributed by atoms with van der Waals surface area (Å²) in [5, 5.41) is 19.0. The maximum atomic E-state index is 8.65. The minimum absolute atomic E-state index is 0.303. The molecule has 0 unspecified atom stereocenters. The van der Waals surface area contributed by atoms with Gasteiger partial charge in [-0.2, -0.15) is 10.4 Å². The summed E-state index contributed by atoms with van der Waals surface area (Å²) in [6.07, 6.45) is 8.70. The number of nitrogens with one attached hydrogen (secondary N) is 2. The van der Waals surface area contributed by atoms with Crippen LogP contribution in [0.4, 0.5) is 11.6 Å². The van der Waals surface area contributed by atoms with Crippen molar-refractivity contribution in [3.8, 4) is 6.07 Å². The van der Waals surface area contributed by atoms with Crippen molar-refractivity contribution in [1.82, 2.24) is 20.2 Å². The van der Waals surface area contributed by atoms with Crippen LogP contribution in [0.5, 0.6) is 0 Å². The molecule has 0 aliphatic heterocycles. The van der Waals surface area contributed by atoms with Crippen molar-refractivity contribution in [3.63, 3.8) is 0 Å². The number of aromatic nitrogens is 4. The molecule has 3 rings (SSSR count).